The van der Waals surface area contributed by atoms with Gasteiger partial charge in [-0.25, -0.2) is 9.59 Å². The number of amides is 6. The second-order valence-corrected chi connectivity index (χ2v) is 31.7. The maximum Gasteiger partial charge on any atom is 0.391 e. The van der Waals surface area contributed by atoms with Gasteiger partial charge in [-0.3, -0.25) is 38.6 Å². The first-order valence-electron chi connectivity index (χ1n) is 38.6. The van der Waals surface area contributed by atoms with Crippen LogP contribution >= 0.6 is 0 Å². The smallest absolute Gasteiger partial charge is 0.391 e. The minimum atomic E-state index is -5.21. The van der Waals surface area contributed by atoms with Crippen LogP contribution in [0.25, 0.3) is 43.1 Å². The molecule has 6 unspecified atom stereocenters. The van der Waals surface area contributed by atoms with Gasteiger partial charge in [0, 0.05) is 80.2 Å². The Balaban J connectivity index is 1.18. The number of halogens is 6. The first kappa shape index (κ1) is 80.7. The Morgan fingerprint density at radius 2 is 0.667 bits per heavy atom. The number of carbonyl (C=O) groups excluding carboxylic acids is 8. The summed E-state index contributed by atoms with van der Waals surface area (Å²) in [5.41, 5.74) is 3.96. The number of rotatable bonds is 24. The first-order valence-corrected chi connectivity index (χ1v) is 38.6. The summed E-state index contributed by atoms with van der Waals surface area (Å²) in [6.07, 6.45) is -12.2. The van der Waals surface area contributed by atoms with Crippen LogP contribution in [0.5, 0.6) is 46.0 Å². The van der Waals surface area contributed by atoms with Crippen LogP contribution in [-0.4, -0.2) is 106 Å². The molecule has 2 N–H and O–H groups in total. The van der Waals surface area contributed by atoms with Gasteiger partial charge in [0.15, 0.2) is 0 Å². The summed E-state index contributed by atoms with van der Waals surface area (Å²) >= 11 is 0. The Kier molecular flexibility index (Phi) is 22.4. The van der Waals surface area contributed by atoms with Crippen LogP contribution in [0.3, 0.4) is 0 Å². The molecular weight excluding hydrogens is 1470 g/mol. The number of fused-ring (bicyclic) bond motifs is 2. The van der Waals surface area contributed by atoms with Gasteiger partial charge in [-0.1, -0.05) is 117 Å². The van der Waals surface area contributed by atoms with E-state index in [0.29, 0.717) is 57.7 Å². The van der Waals surface area contributed by atoms with E-state index in [1.54, 1.807) is 52.0 Å². The highest BCUT2D eigenvalue weighted by atomic mass is 19.4. The molecule has 0 bridgehead atoms. The number of alkyl halides is 6. The Hall–Kier alpha value is -11.3. The fraction of sp³-hybridized carbons (Fsp3) is 0.378. The molecule has 6 amide bonds. The standard InChI is InChI=1S/C90H90F6N4O14/c1-15-73(101)109-57-21-17-19-55(35-57)97-83(103)63(41-89(91,92)93)99-85(105)59-37-69(111-65-27-23-51(43(3)4)31-47(65)11)77-79-71(113-67-29-25-53(45(7)8)33-49(67)13)39-61-76-62(88(108)100(87(61)107)64(42-90(94,95)96)84(104)98-56-20-18-22-58(36-56)110-74(102)16-2)40-72(114-68-30-26-54(46(9)10)34-50(68)14)80(82(76)79)78-70(38-60(86(99)106)75(59)81(77)78)112-66-28-24-52(44(5)6)32-48(66)12/h15-16,23-34,37-40,43-46,55-58,63-64H,1-2,17-22,35-36,41-42H2,3-14H3,(H,97,103)(H,98,104). The minimum Gasteiger partial charge on any atom is -0.459 e. The summed E-state index contributed by atoms with van der Waals surface area (Å²) in [5.74, 6) is -9.95. The number of imide groups is 2. The van der Waals surface area contributed by atoms with Gasteiger partial charge in [0.2, 0.25) is 11.8 Å². The number of nitrogens with one attached hydrogen (secondary N) is 2. The zero-order valence-corrected chi connectivity index (χ0v) is 65.5. The lowest BCUT2D eigenvalue weighted by Gasteiger charge is -2.37. The van der Waals surface area contributed by atoms with Crippen LogP contribution in [-0.2, 0) is 28.7 Å². The number of nitrogens with zero attached hydrogens (tertiary/aromatic N) is 2. The number of hydrogen-bond donors (Lipinski definition) is 2. The maximum atomic E-state index is 16.4. The van der Waals surface area contributed by atoms with Gasteiger partial charge in [-0.05, 0) is 183 Å². The summed E-state index contributed by atoms with van der Waals surface area (Å²) in [6, 6.07) is 19.6. The number of carbonyl (C=O) groups is 8. The van der Waals surface area contributed by atoms with E-state index in [9.17, 15) is 9.59 Å². The van der Waals surface area contributed by atoms with Crippen molar-refractivity contribution in [1.82, 2.24) is 20.4 Å². The van der Waals surface area contributed by atoms with Crippen LogP contribution in [0.2, 0.25) is 0 Å². The molecule has 24 heteroatoms. The molecule has 2 aliphatic carbocycles. The summed E-state index contributed by atoms with van der Waals surface area (Å²) in [6.45, 7) is 29.9. The number of esters is 2. The van der Waals surface area contributed by atoms with Crippen molar-refractivity contribution in [2.45, 2.75) is 220 Å². The molecular formula is C90H90F6N4O14. The number of ether oxygens (including phenoxy) is 6. The van der Waals surface area contributed by atoms with Gasteiger partial charge in [0.25, 0.3) is 23.6 Å². The molecule has 0 aromatic heterocycles. The molecule has 114 heavy (non-hydrogen) atoms. The third-order valence-electron chi connectivity index (χ3n) is 22.2. The van der Waals surface area contributed by atoms with Gasteiger partial charge in [0.05, 0.1) is 35.1 Å². The van der Waals surface area contributed by atoms with Gasteiger partial charge in [-0.2, -0.15) is 26.3 Å². The van der Waals surface area contributed by atoms with Gasteiger partial charge in [-0.15, -0.1) is 0 Å². The molecule has 0 spiro atoms. The predicted molar refractivity (Wildman–Crippen MR) is 420 cm³/mol. The quantitative estimate of drug-likeness (QED) is 0.0143. The second-order valence-electron chi connectivity index (χ2n) is 31.7. The van der Waals surface area contributed by atoms with Gasteiger partial charge in [0.1, 0.15) is 70.3 Å². The van der Waals surface area contributed by atoms with Gasteiger partial charge >= 0.3 is 24.3 Å². The molecule has 6 atom stereocenters. The SMILES string of the molecule is C=CC(=O)OC1CCCC(NC(=O)C(CC(F)(F)F)N2C(=O)c3cc(Oc4ccc(C(C)C)cc4C)c4c5c(Oc6ccc(C(C)C)cc6C)cc6c7c(cc(Oc8ccc(C(C)C)cc8C)c(c8c(Oc9ccc(C(C)C)cc9C)cc(c3c48)C2=O)c75)C(=O)N(C(CC(F)(F)F)C(=O)NC2CCCC(OC(=O)C=C)C2)C6=O)C1. The van der Waals surface area contributed by atoms with Crippen molar-refractivity contribution in [2.75, 3.05) is 0 Å². The number of aryl methyl sites for hydroxylation is 4. The third-order valence-corrected chi connectivity index (χ3v) is 22.2. The molecule has 0 saturated heterocycles. The molecule has 2 saturated carbocycles. The van der Waals surface area contributed by atoms with E-state index in [2.05, 4.69) is 23.8 Å². The van der Waals surface area contributed by atoms with Crippen LogP contribution in [0.1, 0.15) is 229 Å². The van der Waals surface area contributed by atoms with Crippen LogP contribution in [0.4, 0.5) is 26.3 Å². The van der Waals surface area contributed by atoms with Crippen molar-refractivity contribution < 1.29 is 93.1 Å². The van der Waals surface area contributed by atoms with E-state index in [1.807, 2.05) is 104 Å². The summed E-state index contributed by atoms with van der Waals surface area (Å²) < 4.78 is 134. The Bertz CT molecular complexity index is 4890. The highest BCUT2D eigenvalue weighted by Gasteiger charge is 2.51. The molecule has 13 rings (SSSR count). The zero-order chi connectivity index (χ0) is 82.2. The van der Waals surface area contributed by atoms with Crippen molar-refractivity contribution in [3.63, 3.8) is 0 Å². The minimum absolute atomic E-state index is 0.00663. The van der Waals surface area contributed by atoms with Gasteiger partial charge < -0.3 is 39.1 Å². The zero-order valence-electron chi connectivity index (χ0n) is 65.5. The monoisotopic (exact) mass is 1560 g/mol. The van der Waals surface area contributed by atoms with Crippen LogP contribution in [0, 0.1) is 27.7 Å². The fourth-order valence-corrected chi connectivity index (χ4v) is 16.3. The molecule has 4 aliphatic rings. The van der Waals surface area contributed by atoms with Crippen molar-refractivity contribution in [1.29, 1.82) is 0 Å². The van der Waals surface area contributed by atoms with E-state index in [0.717, 1.165) is 34.4 Å². The Morgan fingerprint density at radius 1 is 0.404 bits per heavy atom. The van der Waals surface area contributed by atoms with Crippen molar-refractivity contribution in [2.24, 2.45) is 0 Å². The summed E-state index contributed by atoms with van der Waals surface area (Å²) in [4.78, 5) is 121. The Morgan fingerprint density at radius 3 is 0.895 bits per heavy atom. The molecule has 9 aromatic rings. The average Bonchev–Trinajstić information content (AvgIpc) is 0.669. The maximum absolute atomic E-state index is 16.4. The lowest BCUT2D eigenvalue weighted by molar-refractivity contribution is -0.154. The summed E-state index contributed by atoms with van der Waals surface area (Å²) in [5, 5.41) is 4.76. The predicted octanol–water partition coefficient (Wildman–Crippen LogP) is 20.8. The highest BCUT2D eigenvalue weighted by Crippen LogP contribution is 2.59. The molecule has 2 heterocycles. The molecule has 9 aromatic carbocycles. The lowest BCUT2D eigenvalue weighted by Crippen LogP contribution is -2.57. The second kappa shape index (κ2) is 31.6. The van der Waals surface area contributed by atoms with Crippen molar-refractivity contribution in [3.05, 3.63) is 189 Å². The molecule has 596 valence electrons. The Labute approximate surface area is 655 Å². The lowest BCUT2D eigenvalue weighted by atomic mass is 9.80. The molecule has 18 nitrogen and oxygen atoms in total. The number of benzene rings is 9. The topological polar surface area (TPSA) is 222 Å². The highest BCUT2D eigenvalue weighted by molar-refractivity contribution is 6.45. The number of hydrogen-bond acceptors (Lipinski definition) is 14. The first-order chi connectivity index (χ1) is 53.9. The summed E-state index contributed by atoms with van der Waals surface area (Å²) in [7, 11) is 0. The normalized spacial score (nSPS) is 17.8. The average molecular weight is 1570 g/mol. The molecule has 2 fully saturated rings. The third kappa shape index (κ3) is 15.9. The molecule has 0 radical (unpaired) electrons. The van der Waals surface area contributed by atoms with Crippen molar-refractivity contribution in [3.8, 4) is 46.0 Å². The van der Waals surface area contributed by atoms with E-state index < -0.39 is 131 Å². The largest absolute Gasteiger partial charge is 0.459 e. The van der Waals surface area contributed by atoms with E-state index in [1.165, 1.54) is 24.3 Å². The van der Waals surface area contributed by atoms with Crippen LogP contribution in [0.15, 0.2) is 122 Å². The molecule has 2 aliphatic heterocycles. The van der Waals surface area contributed by atoms with Crippen molar-refractivity contribution >= 4 is 90.5 Å². The van der Waals surface area contributed by atoms with E-state index in [-0.39, 0.29) is 138 Å². The van der Waals surface area contributed by atoms with Crippen LogP contribution < -0.4 is 29.6 Å². The van der Waals surface area contributed by atoms with E-state index in [4.69, 9.17) is 28.4 Å². The van der Waals surface area contributed by atoms with E-state index >= 15 is 55.1 Å². The fourth-order valence-electron chi connectivity index (χ4n) is 16.3.